The molecular formula is C26H28F3N3O4. The Kier molecular flexibility index (Phi) is 7.10. The number of hydrogen-bond acceptors (Lipinski definition) is 4. The number of carboxylic acids is 1. The topological polar surface area (TPSA) is 89.4 Å². The molecule has 10 heteroatoms. The fourth-order valence-corrected chi connectivity index (χ4v) is 4.91. The van der Waals surface area contributed by atoms with Gasteiger partial charge in [0.2, 0.25) is 0 Å². The van der Waals surface area contributed by atoms with Crippen LogP contribution in [0.5, 0.6) is 0 Å². The first kappa shape index (κ1) is 25.7. The molecule has 4 rings (SSSR count). The minimum atomic E-state index is -1.11. The maximum Gasteiger partial charge on any atom is 0.329 e. The lowest BCUT2D eigenvalue weighted by Crippen LogP contribution is -2.29. The molecule has 0 bridgehead atoms. The molecule has 0 aliphatic carbocycles. The highest BCUT2D eigenvalue weighted by Gasteiger charge is 2.36. The van der Waals surface area contributed by atoms with Gasteiger partial charge in [0.15, 0.2) is 17.5 Å². The molecule has 0 spiro atoms. The van der Waals surface area contributed by atoms with Crippen molar-refractivity contribution in [2.75, 3.05) is 26.9 Å². The zero-order chi connectivity index (χ0) is 26.2. The minimum Gasteiger partial charge on any atom is -0.480 e. The number of benzene rings is 2. The van der Waals surface area contributed by atoms with Crippen LogP contribution in [0, 0.1) is 17.5 Å². The normalized spacial score (nSPS) is 13.1. The summed E-state index contributed by atoms with van der Waals surface area (Å²) < 4.78 is 57.1. The average molecular weight is 504 g/mol. The number of hydrogen-bond donors (Lipinski definition) is 2. The summed E-state index contributed by atoms with van der Waals surface area (Å²) >= 11 is 0. The maximum atomic E-state index is 16.1. The monoisotopic (exact) mass is 503 g/mol. The van der Waals surface area contributed by atoms with Gasteiger partial charge in [-0.05, 0) is 30.2 Å². The average Bonchev–Trinajstić information content (AvgIpc) is 3.42. The van der Waals surface area contributed by atoms with E-state index in [0.717, 1.165) is 12.1 Å². The number of nitrogens with one attached hydrogen (secondary N) is 1. The van der Waals surface area contributed by atoms with E-state index in [-0.39, 0.29) is 24.1 Å². The van der Waals surface area contributed by atoms with Crippen LogP contribution in [0.4, 0.5) is 13.2 Å². The third kappa shape index (κ3) is 4.46. The Morgan fingerprint density at radius 2 is 1.97 bits per heavy atom. The molecular weight excluding hydrogens is 475 g/mol. The second kappa shape index (κ2) is 9.94. The van der Waals surface area contributed by atoms with Crippen molar-refractivity contribution in [1.29, 1.82) is 0 Å². The summed E-state index contributed by atoms with van der Waals surface area (Å²) in [5.74, 6) is -4.08. The number of aromatic amines is 1. The lowest BCUT2D eigenvalue weighted by Gasteiger charge is -2.30. The summed E-state index contributed by atoms with van der Waals surface area (Å²) in [7, 11) is 1.55. The van der Waals surface area contributed by atoms with E-state index in [1.807, 2.05) is 20.8 Å². The quantitative estimate of drug-likeness (QED) is 0.301. The first-order chi connectivity index (χ1) is 17.1. The van der Waals surface area contributed by atoms with E-state index in [0.29, 0.717) is 34.3 Å². The third-order valence-electron chi connectivity index (χ3n) is 6.40. The number of carboxylic acid groups (broad SMARTS) is 1. The van der Waals surface area contributed by atoms with Crippen molar-refractivity contribution >= 4 is 27.8 Å². The van der Waals surface area contributed by atoms with Crippen LogP contribution in [0.1, 0.15) is 44.4 Å². The second-order valence-corrected chi connectivity index (χ2v) is 9.45. The van der Waals surface area contributed by atoms with Crippen LogP contribution in [-0.4, -0.2) is 52.8 Å². The molecule has 2 aromatic heterocycles. The van der Waals surface area contributed by atoms with Gasteiger partial charge in [0.1, 0.15) is 12.1 Å². The largest absolute Gasteiger partial charge is 0.480 e. The van der Waals surface area contributed by atoms with Gasteiger partial charge >= 0.3 is 5.97 Å². The fraction of sp³-hybridized carbons (Fsp3) is 0.385. The Morgan fingerprint density at radius 1 is 1.22 bits per heavy atom. The van der Waals surface area contributed by atoms with E-state index < -0.39 is 41.4 Å². The minimum absolute atomic E-state index is 0.0240. The molecule has 2 N–H and O–H groups in total. The third-order valence-corrected chi connectivity index (χ3v) is 6.40. The number of fused-ring (bicyclic) bond motifs is 2. The van der Waals surface area contributed by atoms with Crippen molar-refractivity contribution in [3.63, 3.8) is 0 Å². The van der Waals surface area contributed by atoms with Gasteiger partial charge in [-0.3, -0.25) is 5.10 Å². The van der Waals surface area contributed by atoms with Crippen molar-refractivity contribution in [3.8, 4) is 5.69 Å². The van der Waals surface area contributed by atoms with E-state index in [1.165, 1.54) is 12.3 Å². The number of rotatable bonds is 10. The van der Waals surface area contributed by atoms with E-state index in [1.54, 1.807) is 17.7 Å². The van der Waals surface area contributed by atoms with Crippen LogP contribution in [0.3, 0.4) is 0 Å². The molecule has 7 nitrogen and oxygen atoms in total. The highest BCUT2D eigenvalue weighted by Crippen LogP contribution is 2.44. The zero-order valence-corrected chi connectivity index (χ0v) is 20.5. The molecule has 36 heavy (non-hydrogen) atoms. The number of ether oxygens (including phenoxy) is 2. The molecule has 0 aliphatic rings. The molecule has 0 amide bonds. The predicted molar refractivity (Wildman–Crippen MR) is 129 cm³/mol. The van der Waals surface area contributed by atoms with Crippen molar-refractivity contribution in [2.45, 2.75) is 38.5 Å². The molecule has 0 unspecified atom stereocenters. The fourth-order valence-electron chi connectivity index (χ4n) is 4.91. The van der Waals surface area contributed by atoms with Gasteiger partial charge in [-0.15, -0.1) is 0 Å². The van der Waals surface area contributed by atoms with Gasteiger partial charge in [-0.2, -0.15) is 5.10 Å². The van der Waals surface area contributed by atoms with Crippen molar-refractivity contribution in [2.24, 2.45) is 0 Å². The molecule has 192 valence electrons. The molecule has 0 saturated heterocycles. The molecule has 0 saturated carbocycles. The highest BCUT2D eigenvalue weighted by molar-refractivity contribution is 6.00. The number of nitrogens with zero attached hydrogens (tertiary/aromatic N) is 2. The van der Waals surface area contributed by atoms with Crippen LogP contribution in [-0.2, 0) is 19.7 Å². The predicted octanol–water partition coefficient (Wildman–Crippen LogP) is 5.44. The standard InChI is InChI=1S/C26H28F3N3O4/c1-5-14(11-36-12-20(33)34)21-22-19(8-15-10-30-31-24(15)23(22)29)32(25(21)26(2,3)13-35-4)16-6-7-17(27)18(28)9-16/h6-10,14H,5,11-13H2,1-4H3,(H,30,31)(H,33,34)/t14-/m1/s1. The van der Waals surface area contributed by atoms with Crippen LogP contribution < -0.4 is 0 Å². The number of aromatic nitrogens is 3. The number of aliphatic carboxylic acids is 1. The number of methoxy groups -OCH3 is 1. The van der Waals surface area contributed by atoms with E-state index >= 15 is 4.39 Å². The second-order valence-electron chi connectivity index (χ2n) is 9.45. The highest BCUT2D eigenvalue weighted by atomic mass is 19.2. The molecule has 1 atom stereocenters. The summed E-state index contributed by atoms with van der Waals surface area (Å²) in [4.78, 5) is 11.1. The Bertz CT molecular complexity index is 1430. The van der Waals surface area contributed by atoms with Gasteiger partial charge in [0.25, 0.3) is 0 Å². The summed E-state index contributed by atoms with van der Waals surface area (Å²) in [5, 5.41) is 16.5. The smallest absolute Gasteiger partial charge is 0.329 e. The lowest BCUT2D eigenvalue weighted by molar-refractivity contribution is -0.142. The van der Waals surface area contributed by atoms with Gasteiger partial charge < -0.3 is 19.1 Å². The molecule has 2 heterocycles. The van der Waals surface area contributed by atoms with Crippen LogP contribution in [0.15, 0.2) is 30.5 Å². The summed E-state index contributed by atoms with van der Waals surface area (Å²) in [6, 6.07) is 5.29. The molecule has 4 aromatic rings. The first-order valence-corrected chi connectivity index (χ1v) is 11.5. The van der Waals surface area contributed by atoms with E-state index in [4.69, 9.17) is 14.6 Å². The number of halogens is 3. The van der Waals surface area contributed by atoms with Gasteiger partial charge in [0, 0.05) is 46.7 Å². The molecule has 0 radical (unpaired) electrons. The van der Waals surface area contributed by atoms with E-state index in [9.17, 15) is 13.6 Å². The maximum absolute atomic E-state index is 16.1. The Labute approximate surface area is 205 Å². The molecule has 0 fully saturated rings. The number of H-pyrrole nitrogens is 1. The summed E-state index contributed by atoms with van der Waals surface area (Å²) in [5.41, 5.74) is 1.48. The van der Waals surface area contributed by atoms with Gasteiger partial charge in [-0.1, -0.05) is 20.8 Å². The first-order valence-electron chi connectivity index (χ1n) is 11.5. The van der Waals surface area contributed by atoms with Crippen LogP contribution in [0.25, 0.3) is 27.5 Å². The van der Waals surface area contributed by atoms with Crippen LogP contribution in [0.2, 0.25) is 0 Å². The lowest BCUT2D eigenvalue weighted by atomic mass is 9.82. The van der Waals surface area contributed by atoms with Crippen LogP contribution >= 0.6 is 0 Å². The van der Waals surface area contributed by atoms with Crippen molar-refractivity contribution < 1.29 is 32.5 Å². The number of carbonyl (C=O) groups is 1. The van der Waals surface area contributed by atoms with Crippen molar-refractivity contribution in [3.05, 3.63) is 59.2 Å². The summed E-state index contributed by atoms with van der Waals surface area (Å²) in [6.45, 7) is 5.50. The molecule has 2 aromatic carbocycles. The Morgan fingerprint density at radius 3 is 2.61 bits per heavy atom. The van der Waals surface area contributed by atoms with Gasteiger partial charge in [0.05, 0.1) is 24.9 Å². The van der Waals surface area contributed by atoms with Crippen molar-refractivity contribution in [1.82, 2.24) is 14.8 Å². The van der Waals surface area contributed by atoms with E-state index in [2.05, 4.69) is 10.2 Å². The Balaban J connectivity index is 2.14. The SMILES string of the molecule is CC[C@H](COCC(=O)O)c1c(C(C)(C)COC)n(-c2ccc(F)c(F)c2)c2cc3cn[nH]c3c(F)c12. The summed E-state index contributed by atoms with van der Waals surface area (Å²) in [6.07, 6.45) is 2.00. The molecule has 0 aliphatic heterocycles. The van der Waals surface area contributed by atoms with Gasteiger partial charge in [-0.25, -0.2) is 18.0 Å². The Hall–Kier alpha value is -3.37. The zero-order valence-electron chi connectivity index (χ0n) is 20.5.